The number of hydrogen-bond donors (Lipinski definition) is 0. The number of aryl methyl sites for hydroxylation is 2. The van der Waals surface area contributed by atoms with Gasteiger partial charge in [0.2, 0.25) is 5.16 Å². The Morgan fingerprint density at radius 1 is 1.25 bits per heavy atom. The highest BCUT2D eigenvalue weighted by Crippen LogP contribution is 2.34. The molecular weight excluding hydrogens is 326 g/mol. The van der Waals surface area contributed by atoms with Gasteiger partial charge in [-0.25, -0.2) is 9.50 Å². The molecule has 1 atom stereocenters. The molecular formula is C16H17N5O2S. The normalized spacial score (nSPS) is 12.5. The molecule has 1 unspecified atom stereocenters. The SMILES string of the molecule is Cc1nc2nc(SC(C)c3cccc([N+](=O)[O-])c3)nn2c(C)c1C. The molecule has 124 valence electrons. The second kappa shape index (κ2) is 6.20. The summed E-state index contributed by atoms with van der Waals surface area (Å²) in [7, 11) is 0. The number of nitro groups is 1. The Bertz CT molecular complexity index is 938. The van der Waals surface area contributed by atoms with Crippen molar-refractivity contribution < 1.29 is 4.92 Å². The van der Waals surface area contributed by atoms with Gasteiger partial charge in [0.25, 0.3) is 11.5 Å². The summed E-state index contributed by atoms with van der Waals surface area (Å²) in [4.78, 5) is 19.5. The lowest BCUT2D eigenvalue weighted by Crippen LogP contribution is -2.02. The Balaban J connectivity index is 1.91. The van der Waals surface area contributed by atoms with Crippen LogP contribution < -0.4 is 0 Å². The highest BCUT2D eigenvalue weighted by Gasteiger charge is 2.16. The fourth-order valence-corrected chi connectivity index (χ4v) is 3.27. The smallest absolute Gasteiger partial charge is 0.258 e. The molecule has 0 aliphatic rings. The van der Waals surface area contributed by atoms with E-state index in [0.29, 0.717) is 10.9 Å². The minimum absolute atomic E-state index is 0.00943. The molecule has 3 rings (SSSR count). The number of hydrogen-bond acceptors (Lipinski definition) is 6. The predicted octanol–water partition coefficient (Wildman–Crippen LogP) is 3.81. The number of nitro benzene ring substituents is 1. The lowest BCUT2D eigenvalue weighted by Gasteiger charge is -2.08. The van der Waals surface area contributed by atoms with Gasteiger partial charge in [-0.15, -0.1) is 5.10 Å². The summed E-state index contributed by atoms with van der Waals surface area (Å²) in [5.74, 6) is 0.573. The van der Waals surface area contributed by atoms with Crippen LogP contribution in [0.25, 0.3) is 5.78 Å². The molecule has 0 radical (unpaired) electrons. The average molecular weight is 343 g/mol. The maximum Gasteiger partial charge on any atom is 0.269 e. The van der Waals surface area contributed by atoms with Gasteiger partial charge in [0.05, 0.1) is 4.92 Å². The third-order valence-electron chi connectivity index (χ3n) is 4.07. The molecule has 0 fully saturated rings. The molecule has 0 aliphatic carbocycles. The lowest BCUT2D eigenvalue weighted by molar-refractivity contribution is -0.384. The van der Waals surface area contributed by atoms with E-state index in [1.807, 2.05) is 33.8 Å². The van der Waals surface area contributed by atoms with Crippen LogP contribution in [0.5, 0.6) is 0 Å². The molecule has 2 aromatic heterocycles. The van der Waals surface area contributed by atoms with E-state index in [0.717, 1.165) is 22.5 Å². The van der Waals surface area contributed by atoms with E-state index in [1.54, 1.807) is 16.6 Å². The number of benzene rings is 1. The Labute approximate surface area is 143 Å². The van der Waals surface area contributed by atoms with Crippen LogP contribution in [-0.4, -0.2) is 24.5 Å². The maximum atomic E-state index is 10.9. The van der Waals surface area contributed by atoms with Crippen LogP contribution >= 0.6 is 11.8 Å². The predicted molar refractivity (Wildman–Crippen MR) is 92.4 cm³/mol. The van der Waals surface area contributed by atoms with Gasteiger partial charge in [0, 0.05) is 28.8 Å². The van der Waals surface area contributed by atoms with E-state index in [1.165, 1.54) is 17.8 Å². The standard InChI is InChI=1S/C16H17N5O2S/c1-9-10(2)17-15-18-16(19-20(15)11(9)3)24-12(4)13-6-5-7-14(8-13)21(22)23/h5-8,12H,1-4H3. The molecule has 0 spiro atoms. The van der Waals surface area contributed by atoms with Crippen molar-refractivity contribution in [1.29, 1.82) is 0 Å². The molecule has 0 amide bonds. The summed E-state index contributed by atoms with van der Waals surface area (Å²) in [5, 5.41) is 16.0. The molecule has 24 heavy (non-hydrogen) atoms. The minimum atomic E-state index is -0.386. The Hall–Kier alpha value is -2.48. The van der Waals surface area contributed by atoms with Crippen LogP contribution in [-0.2, 0) is 0 Å². The second-order valence-corrected chi connectivity index (χ2v) is 6.93. The van der Waals surface area contributed by atoms with Gasteiger partial charge in [-0.1, -0.05) is 23.9 Å². The first-order valence-corrected chi connectivity index (χ1v) is 8.36. The third-order valence-corrected chi connectivity index (χ3v) is 5.08. The van der Waals surface area contributed by atoms with Crippen LogP contribution in [0, 0.1) is 30.9 Å². The number of thioether (sulfide) groups is 1. The fraction of sp³-hybridized carbons (Fsp3) is 0.312. The van der Waals surface area contributed by atoms with Crippen molar-refractivity contribution in [3.8, 4) is 0 Å². The van der Waals surface area contributed by atoms with E-state index in [-0.39, 0.29) is 15.9 Å². The van der Waals surface area contributed by atoms with Crippen LogP contribution in [0.1, 0.15) is 34.7 Å². The van der Waals surface area contributed by atoms with Crippen molar-refractivity contribution in [3.05, 3.63) is 56.9 Å². The van der Waals surface area contributed by atoms with Gasteiger partial charge < -0.3 is 0 Å². The van der Waals surface area contributed by atoms with E-state index in [4.69, 9.17) is 0 Å². The number of aromatic nitrogens is 4. The number of nitrogens with zero attached hydrogens (tertiary/aromatic N) is 5. The lowest BCUT2D eigenvalue weighted by atomic mass is 10.1. The fourth-order valence-electron chi connectivity index (χ4n) is 2.40. The van der Waals surface area contributed by atoms with Crippen molar-refractivity contribution in [2.75, 3.05) is 0 Å². The molecule has 2 heterocycles. The summed E-state index contributed by atoms with van der Waals surface area (Å²) in [6.45, 7) is 7.93. The summed E-state index contributed by atoms with van der Waals surface area (Å²) in [6.07, 6.45) is 0. The largest absolute Gasteiger partial charge is 0.269 e. The summed E-state index contributed by atoms with van der Waals surface area (Å²) < 4.78 is 1.74. The van der Waals surface area contributed by atoms with Crippen molar-refractivity contribution >= 4 is 23.2 Å². The topological polar surface area (TPSA) is 86.2 Å². The zero-order chi connectivity index (χ0) is 17.4. The van der Waals surface area contributed by atoms with Crippen molar-refractivity contribution in [3.63, 3.8) is 0 Å². The van der Waals surface area contributed by atoms with Crippen molar-refractivity contribution in [2.24, 2.45) is 0 Å². The van der Waals surface area contributed by atoms with Gasteiger partial charge in [-0.2, -0.15) is 4.98 Å². The van der Waals surface area contributed by atoms with E-state index < -0.39 is 0 Å². The highest BCUT2D eigenvalue weighted by molar-refractivity contribution is 7.99. The van der Waals surface area contributed by atoms with Crippen LogP contribution in [0.4, 0.5) is 5.69 Å². The highest BCUT2D eigenvalue weighted by atomic mass is 32.2. The maximum absolute atomic E-state index is 10.9. The first-order chi connectivity index (χ1) is 11.4. The van der Waals surface area contributed by atoms with Crippen LogP contribution in [0.15, 0.2) is 29.4 Å². The average Bonchev–Trinajstić information content (AvgIpc) is 2.95. The van der Waals surface area contributed by atoms with Crippen molar-refractivity contribution in [2.45, 2.75) is 38.1 Å². The molecule has 0 N–H and O–H groups in total. The van der Waals surface area contributed by atoms with Crippen LogP contribution in [0.2, 0.25) is 0 Å². The molecule has 0 saturated carbocycles. The number of rotatable bonds is 4. The zero-order valence-corrected chi connectivity index (χ0v) is 14.7. The van der Waals surface area contributed by atoms with E-state index >= 15 is 0 Å². The summed E-state index contributed by atoms with van der Waals surface area (Å²) >= 11 is 1.46. The third kappa shape index (κ3) is 2.96. The Morgan fingerprint density at radius 3 is 2.71 bits per heavy atom. The molecule has 0 aliphatic heterocycles. The Kier molecular flexibility index (Phi) is 4.23. The number of non-ortho nitro benzene ring substituents is 1. The molecule has 3 aromatic rings. The quantitative estimate of drug-likeness (QED) is 0.407. The summed E-state index contributed by atoms with van der Waals surface area (Å²) in [6, 6.07) is 6.65. The Morgan fingerprint density at radius 2 is 2.00 bits per heavy atom. The monoisotopic (exact) mass is 343 g/mol. The van der Waals surface area contributed by atoms with Gasteiger partial charge in [0.1, 0.15) is 0 Å². The van der Waals surface area contributed by atoms with Gasteiger partial charge in [-0.3, -0.25) is 10.1 Å². The molecule has 8 heteroatoms. The summed E-state index contributed by atoms with van der Waals surface area (Å²) in [5.41, 5.74) is 4.00. The number of fused-ring (bicyclic) bond motifs is 1. The molecule has 1 aromatic carbocycles. The minimum Gasteiger partial charge on any atom is -0.258 e. The zero-order valence-electron chi connectivity index (χ0n) is 13.8. The first-order valence-electron chi connectivity index (χ1n) is 7.48. The first kappa shape index (κ1) is 16.4. The molecule has 7 nitrogen and oxygen atoms in total. The second-order valence-electron chi connectivity index (χ2n) is 5.63. The molecule has 0 bridgehead atoms. The van der Waals surface area contributed by atoms with Gasteiger partial charge in [0.15, 0.2) is 0 Å². The van der Waals surface area contributed by atoms with E-state index in [9.17, 15) is 10.1 Å². The van der Waals surface area contributed by atoms with Crippen molar-refractivity contribution in [1.82, 2.24) is 19.6 Å². The molecule has 0 saturated heterocycles. The van der Waals surface area contributed by atoms with Crippen LogP contribution in [0.3, 0.4) is 0 Å². The van der Waals surface area contributed by atoms with Gasteiger partial charge >= 0.3 is 0 Å². The van der Waals surface area contributed by atoms with E-state index in [2.05, 4.69) is 15.1 Å². The van der Waals surface area contributed by atoms with Gasteiger partial charge in [-0.05, 0) is 38.8 Å².